The largest absolute Gasteiger partial charge is 0.494 e. The first-order valence-electron chi connectivity index (χ1n) is 8.14. The van der Waals surface area contributed by atoms with E-state index in [-0.39, 0.29) is 17.3 Å². The highest BCUT2D eigenvalue weighted by atomic mass is 19.1. The van der Waals surface area contributed by atoms with Gasteiger partial charge in [0.15, 0.2) is 28.9 Å². The van der Waals surface area contributed by atoms with Crippen molar-refractivity contribution in [1.29, 1.82) is 0 Å². The van der Waals surface area contributed by atoms with Gasteiger partial charge in [-0.2, -0.15) is 0 Å². The molecule has 1 aliphatic carbocycles. The van der Waals surface area contributed by atoms with Gasteiger partial charge in [-0.25, -0.2) is 8.78 Å². The normalized spacial score (nSPS) is 17.2. The molecule has 0 amide bonds. The minimum Gasteiger partial charge on any atom is -0.494 e. The van der Waals surface area contributed by atoms with E-state index in [9.17, 15) is 13.6 Å². The Bertz CT molecular complexity index is 840. The Morgan fingerprint density at radius 3 is 1.62 bits per heavy atom. The van der Waals surface area contributed by atoms with Crippen molar-refractivity contribution in [3.05, 3.63) is 70.3 Å². The third-order valence-corrected chi connectivity index (χ3v) is 4.28. The monoisotopic (exact) mass is 356 g/mol. The molecule has 1 saturated carbocycles. The Labute approximate surface area is 150 Å². The fourth-order valence-electron chi connectivity index (χ4n) is 2.91. The van der Waals surface area contributed by atoms with Crippen molar-refractivity contribution in [2.75, 3.05) is 14.2 Å². The molecule has 0 aromatic heterocycles. The van der Waals surface area contributed by atoms with E-state index in [0.717, 1.165) is 0 Å². The molecular formula is C21H18F2O3. The minimum absolute atomic E-state index is 0.0587. The molecule has 3 nitrogen and oxygen atoms in total. The highest BCUT2D eigenvalue weighted by Gasteiger charge is 2.23. The molecule has 5 heteroatoms. The van der Waals surface area contributed by atoms with E-state index in [1.165, 1.54) is 26.4 Å². The van der Waals surface area contributed by atoms with Crippen LogP contribution in [0, 0.1) is 11.6 Å². The molecule has 0 radical (unpaired) electrons. The SMILES string of the molecule is COc1cc(/C=C2\CC/C(=C\c3ccc(F)c(OC)c3)C2=O)ccc1F. The summed E-state index contributed by atoms with van der Waals surface area (Å²) in [7, 11) is 2.79. The van der Waals surface area contributed by atoms with Crippen molar-refractivity contribution >= 4 is 17.9 Å². The third kappa shape index (κ3) is 3.67. The number of allylic oxidation sites excluding steroid dienone is 2. The van der Waals surface area contributed by atoms with E-state index in [2.05, 4.69) is 0 Å². The van der Waals surface area contributed by atoms with Gasteiger partial charge in [-0.15, -0.1) is 0 Å². The van der Waals surface area contributed by atoms with Crippen LogP contribution >= 0.6 is 0 Å². The maximum absolute atomic E-state index is 13.5. The predicted octanol–water partition coefficient (Wildman–Crippen LogP) is 4.81. The van der Waals surface area contributed by atoms with Crippen LogP contribution in [0.3, 0.4) is 0 Å². The molecule has 0 aliphatic heterocycles. The molecule has 0 spiro atoms. The average Bonchev–Trinajstić information content (AvgIpc) is 2.98. The van der Waals surface area contributed by atoms with Crippen LogP contribution in [0.5, 0.6) is 11.5 Å². The van der Waals surface area contributed by atoms with E-state index in [0.29, 0.717) is 35.1 Å². The zero-order chi connectivity index (χ0) is 18.7. The number of halogens is 2. The first-order chi connectivity index (χ1) is 12.5. The van der Waals surface area contributed by atoms with Gasteiger partial charge in [0.2, 0.25) is 0 Å². The van der Waals surface area contributed by atoms with Crippen LogP contribution in [-0.4, -0.2) is 20.0 Å². The standard InChI is InChI=1S/C21H18F2O3/c1-25-19-11-13(3-7-17(19)22)9-15-5-6-16(21(15)24)10-14-4-8-18(23)20(12-14)26-2/h3-4,7-12H,5-6H2,1-2H3/b15-9+,16-10+. The number of hydrogen-bond acceptors (Lipinski definition) is 3. The molecule has 0 unspecified atom stereocenters. The average molecular weight is 356 g/mol. The molecule has 1 aliphatic rings. The van der Waals surface area contributed by atoms with Crippen LogP contribution in [0.1, 0.15) is 24.0 Å². The van der Waals surface area contributed by atoms with Gasteiger partial charge in [-0.3, -0.25) is 4.79 Å². The van der Waals surface area contributed by atoms with E-state index in [1.54, 1.807) is 36.4 Å². The Morgan fingerprint density at radius 2 is 1.23 bits per heavy atom. The van der Waals surface area contributed by atoms with E-state index in [4.69, 9.17) is 9.47 Å². The quantitative estimate of drug-likeness (QED) is 0.738. The second-order valence-electron chi connectivity index (χ2n) is 5.96. The van der Waals surface area contributed by atoms with Gasteiger partial charge in [0, 0.05) is 11.1 Å². The molecule has 0 saturated heterocycles. The maximum Gasteiger partial charge on any atom is 0.185 e. The van der Waals surface area contributed by atoms with E-state index < -0.39 is 11.6 Å². The van der Waals surface area contributed by atoms with Crippen molar-refractivity contribution in [2.24, 2.45) is 0 Å². The summed E-state index contributed by atoms with van der Waals surface area (Å²) >= 11 is 0. The summed E-state index contributed by atoms with van der Waals surface area (Å²) in [5, 5.41) is 0. The number of methoxy groups -OCH3 is 2. The molecule has 0 bridgehead atoms. The molecule has 26 heavy (non-hydrogen) atoms. The van der Waals surface area contributed by atoms with E-state index >= 15 is 0 Å². The summed E-state index contributed by atoms with van der Waals surface area (Å²) in [6.45, 7) is 0. The summed E-state index contributed by atoms with van der Waals surface area (Å²) in [6, 6.07) is 8.94. The maximum atomic E-state index is 13.5. The van der Waals surface area contributed by atoms with Gasteiger partial charge in [0.05, 0.1) is 14.2 Å². The molecule has 2 aromatic rings. The number of rotatable bonds is 4. The van der Waals surface area contributed by atoms with Gasteiger partial charge < -0.3 is 9.47 Å². The van der Waals surface area contributed by atoms with Crippen molar-refractivity contribution in [3.8, 4) is 11.5 Å². The number of Topliss-reactive ketones (excluding diaryl/α,β-unsaturated/α-hetero) is 1. The number of hydrogen-bond donors (Lipinski definition) is 0. The van der Waals surface area contributed by atoms with Crippen LogP contribution in [0.4, 0.5) is 8.78 Å². The van der Waals surface area contributed by atoms with E-state index in [1.807, 2.05) is 0 Å². The summed E-state index contributed by atoms with van der Waals surface area (Å²) in [4.78, 5) is 12.6. The van der Waals surface area contributed by atoms with Crippen LogP contribution < -0.4 is 9.47 Å². The summed E-state index contributed by atoms with van der Waals surface area (Å²) in [5.74, 6) is -0.675. The van der Waals surface area contributed by atoms with Crippen LogP contribution in [0.2, 0.25) is 0 Å². The number of benzene rings is 2. The lowest BCUT2D eigenvalue weighted by Gasteiger charge is -2.04. The molecule has 134 valence electrons. The Morgan fingerprint density at radius 1 is 0.808 bits per heavy atom. The van der Waals surface area contributed by atoms with Gasteiger partial charge >= 0.3 is 0 Å². The number of ketones is 1. The smallest absolute Gasteiger partial charge is 0.185 e. The van der Waals surface area contributed by atoms with Crippen LogP contribution in [0.25, 0.3) is 12.2 Å². The van der Waals surface area contributed by atoms with Crippen molar-refractivity contribution in [2.45, 2.75) is 12.8 Å². The lowest BCUT2D eigenvalue weighted by molar-refractivity contribution is -0.111. The Hall–Kier alpha value is -2.95. The zero-order valence-corrected chi connectivity index (χ0v) is 14.5. The summed E-state index contributed by atoms with van der Waals surface area (Å²) in [6.07, 6.45) is 4.69. The molecule has 1 fully saturated rings. The van der Waals surface area contributed by atoms with Gasteiger partial charge in [0.25, 0.3) is 0 Å². The van der Waals surface area contributed by atoms with Gasteiger partial charge in [0.1, 0.15) is 0 Å². The first-order valence-corrected chi connectivity index (χ1v) is 8.14. The van der Waals surface area contributed by atoms with Gasteiger partial charge in [-0.05, 0) is 60.4 Å². The lowest BCUT2D eigenvalue weighted by atomic mass is 10.1. The van der Waals surface area contributed by atoms with Crippen molar-refractivity contribution < 1.29 is 23.0 Å². The topological polar surface area (TPSA) is 35.5 Å². The summed E-state index contributed by atoms with van der Waals surface area (Å²) < 4.78 is 36.9. The third-order valence-electron chi connectivity index (χ3n) is 4.28. The molecule has 0 N–H and O–H groups in total. The molecule has 2 aromatic carbocycles. The second kappa shape index (κ2) is 7.52. The zero-order valence-electron chi connectivity index (χ0n) is 14.5. The number of carbonyl (C=O) groups is 1. The molecule has 0 heterocycles. The summed E-state index contributed by atoms with van der Waals surface area (Å²) in [5.41, 5.74) is 2.71. The fourth-order valence-corrected chi connectivity index (χ4v) is 2.91. The molecular weight excluding hydrogens is 338 g/mol. The highest BCUT2D eigenvalue weighted by Crippen LogP contribution is 2.31. The highest BCUT2D eigenvalue weighted by molar-refractivity contribution is 6.15. The van der Waals surface area contributed by atoms with Crippen molar-refractivity contribution in [3.63, 3.8) is 0 Å². The molecule has 3 rings (SSSR count). The predicted molar refractivity (Wildman–Crippen MR) is 96.1 cm³/mol. The minimum atomic E-state index is -0.446. The lowest BCUT2D eigenvalue weighted by Crippen LogP contribution is -1.96. The molecule has 0 atom stereocenters. The Kier molecular flexibility index (Phi) is 5.16. The Balaban J connectivity index is 1.86. The first kappa shape index (κ1) is 17.9. The fraction of sp³-hybridized carbons (Fsp3) is 0.190. The van der Waals surface area contributed by atoms with Gasteiger partial charge in [-0.1, -0.05) is 12.1 Å². The van der Waals surface area contributed by atoms with Crippen LogP contribution in [-0.2, 0) is 4.79 Å². The number of ether oxygens (including phenoxy) is 2. The van der Waals surface area contributed by atoms with Crippen LogP contribution in [0.15, 0.2) is 47.5 Å². The second-order valence-corrected chi connectivity index (χ2v) is 5.96. The van der Waals surface area contributed by atoms with Crippen molar-refractivity contribution in [1.82, 2.24) is 0 Å². The number of carbonyl (C=O) groups excluding carboxylic acids is 1.